The Morgan fingerprint density at radius 2 is 1.95 bits per heavy atom. The number of hydrogen-bond donors (Lipinski definition) is 1. The van der Waals surface area contributed by atoms with Crippen LogP contribution in [0.4, 0.5) is 0 Å². The Morgan fingerprint density at radius 1 is 1.20 bits per heavy atom. The number of rotatable bonds is 3. The largest absolute Gasteiger partial charge is 0.358 e. The summed E-state index contributed by atoms with van der Waals surface area (Å²) >= 11 is 0. The standard InChI is InChI=1S/C18H23NO/c1-12(2)14-8-9-17-15(10-14)16(11-20)18(19-17)13-6-4-3-5-7-13/h8-13,19H,3-7H2,1-2H3. The Kier molecular flexibility index (Phi) is 3.64. The van der Waals surface area contributed by atoms with E-state index in [-0.39, 0.29) is 0 Å². The summed E-state index contributed by atoms with van der Waals surface area (Å²) in [4.78, 5) is 15.1. The van der Waals surface area contributed by atoms with Crippen LogP contribution >= 0.6 is 0 Å². The average molecular weight is 269 g/mol. The van der Waals surface area contributed by atoms with Crippen LogP contribution in [0.3, 0.4) is 0 Å². The van der Waals surface area contributed by atoms with E-state index in [2.05, 4.69) is 37.0 Å². The summed E-state index contributed by atoms with van der Waals surface area (Å²) < 4.78 is 0. The van der Waals surface area contributed by atoms with E-state index in [1.165, 1.54) is 43.4 Å². The molecular formula is C18H23NO. The first kappa shape index (κ1) is 13.4. The van der Waals surface area contributed by atoms with Crippen LogP contribution in [0, 0.1) is 0 Å². The normalized spacial score (nSPS) is 16.9. The zero-order valence-electron chi connectivity index (χ0n) is 12.4. The zero-order chi connectivity index (χ0) is 14.1. The van der Waals surface area contributed by atoms with Crippen LogP contribution < -0.4 is 0 Å². The summed E-state index contributed by atoms with van der Waals surface area (Å²) in [6, 6.07) is 6.49. The van der Waals surface area contributed by atoms with E-state index in [0.717, 1.165) is 22.8 Å². The van der Waals surface area contributed by atoms with Gasteiger partial charge in [0.05, 0.1) is 0 Å². The third kappa shape index (κ3) is 2.28. The number of aldehydes is 1. The maximum Gasteiger partial charge on any atom is 0.152 e. The lowest BCUT2D eigenvalue weighted by molar-refractivity contribution is 0.112. The van der Waals surface area contributed by atoms with Crippen molar-refractivity contribution in [3.8, 4) is 0 Å². The highest BCUT2D eigenvalue weighted by Crippen LogP contribution is 2.36. The highest BCUT2D eigenvalue weighted by atomic mass is 16.1. The van der Waals surface area contributed by atoms with Crippen molar-refractivity contribution in [2.75, 3.05) is 0 Å². The van der Waals surface area contributed by atoms with Crippen LogP contribution in [-0.4, -0.2) is 11.3 Å². The maximum absolute atomic E-state index is 11.6. The molecule has 1 aromatic carbocycles. The number of benzene rings is 1. The lowest BCUT2D eigenvalue weighted by atomic mass is 9.85. The lowest BCUT2D eigenvalue weighted by Gasteiger charge is -2.21. The average Bonchev–Trinajstić information content (AvgIpc) is 2.85. The van der Waals surface area contributed by atoms with E-state index in [1.54, 1.807) is 0 Å². The second-order valence-electron chi connectivity index (χ2n) is 6.36. The van der Waals surface area contributed by atoms with Crippen LogP contribution in [0.25, 0.3) is 10.9 Å². The molecule has 1 fully saturated rings. The summed E-state index contributed by atoms with van der Waals surface area (Å²) in [6.07, 6.45) is 7.39. The smallest absolute Gasteiger partial charge is 0.152 e. The van der Waals surface area contributed by atoms with Gasteiger partial charge in [-0.15, -0.1) is 0 Å². The first-order valence-corrected chi connectivity index (χ1v) is 7.81. The van der Waals surface area contributed by atoms with Crippen molar-refractivity contribution in [1.29, 1.82) is 0 Å². The molecule has 1 aromatic heterocycles. The van der Waals surface area contributed by atoms with Crippen LogP contribution in [0.15, 0.2) is 18.2 Å². The minimum atomic E-state index is 0.493. The molecule has 1 aliphatic rings. The Bertz CT molecular complexity index is 618. The summed E-state index contributed by atoms with van der Waals surface area (Å²) in [5.41, 5.74) is 4.48. The third-order valence-corrected chi connectivity index (χ3v) is 4.69. The molecule has 2 aromatic rings. The van der Waals surface area contributed by atoms with Crippen LogP contribution in [0.1, 0.15) is 79.4 Å². The third-order valence-electron chi connectivity index (χ3n) is 4.69. The molecule has 0 radical (unpaired) electrons. The number of carbonyl (C=O) groups is 1. The van der Waals surface area contributed by atoms with Crippen molar-refractivity contribution in [3.63, 3.8) is 0 Å². The predicted molar refractivity (Wildman–Crippen MR) is 83.6 cm³/mol. The molecule has 1 aliphatic carbocycles. The van der Waals surface area contributed by atoms with Gasteiger partial charge in [0.1, 0.15) is 0 Å². The molecule has 20 heavy (non-hydrogen) atoms. The summed E-state index contributed by atoms with van der Waals surface area (Å²) in [5.74, 6) is 1.03. The highest BCUT2D eigenvalue weighted by Gasteiger charge is 2.22. The molecule has 0 amide bonds. The molecule has 0 bridgehead atoms. The molecular weight excluding hydrogens is 246 g/mol. The Morgan fingerprint density at radius 3 is 2.60 bits per heavy atom. The first-order chi connectivity index (χ1) is 9.70. The van der Waals surface area contributed by atoms with Gasteiger partial charge in [-0.2, -0.15) is 0 Å². The fraction of sp³-hybridized carbons (Fsp3) is 0.500. The molecule has 0 saturated heterocycles. The van der Waals surface area contributed by atoms with Gasteiger partial charge in [-0.25, -0.2) is 0 Å². The van der Waals surface area contributed by atoms with Crippen molar-refractivity contribution in [2.45, 2.75) is 57.8 Å². The number of aromatic amines is 1. The number of carbonyl (C=O) groups excluding carboxylic acids is 1. The summed E-state index contributed by atoms with van der Waals surface area (Å²) in [5, 5.41) is 1.10. The van der Waals surface area contributed by atoms with Gasteiger partial charge in [0.25, 0.3) is 0 Å². The molecule has 0 atom stereocenters. The first-order valence-electron chi connectivity index (χ1n) is 7.81. The SMILES string of the molecule is CC(C)c1ccc2[nH]c(C3CCCCC3)c(C=O)c2c1. The van der Waals surface area contributed by atoms with Crippen LogP contribution in [0.2, 0.25) is 0 Å². The minimum Gasteiger partial charge on any atom is -0.358 e. The van der Waals surface area contributed by atoms with E-state index >= 15 is 0 Å². The zero-order valence-corrected chi connectivity index (χ0v) is 12.4. The maximum atomic E-state index is 11.6. The Hall–Kier alpha value is -1.57. The van der Waals surface area contributed by atoms with Gasteiger partial charge in [0.15, 0.2) is 6.29 Å². The Labute approximate surface area is 120 Å². The van der Waals surface area contributed by atoms with E-state index in [4.69, 9.17) is 0 Å². The van der Waals surface area contributed by atoms with Gasteiger partial charge in [0, 0.05) is 22.2 Å². The van der Waals surface area contributed by atoms with Gasteiger partial charge in [-0.3, -0.25) is 4.79 Å². The molecule has 1 saturated carbocycles. The number of hydrogen-bond acceptors (Lipinski definition) is 1. The van der Waals surface area contributed by atoms with Gasteiger partial charge < -0.3 is 4.98 Å². The number of nitrogens with one attached hydrogen (secondary N) is 1. The summed E-state index contributed by atoms with van der Waals surface area (Å²) in [7, 11) is 0. The van der Waals surface area contributed by atoms with Crippen LogP contribution in [0.5, 0.6) is 0 Å². The molecule has 0 unspecified atom stereocenters. The predicted octanol–water partition coefficient (Wildman–Crippen LogP) is 5.15. The van der Waals surface area contributed by atoms with E-state index in [9.17, 15) is 4.79 Å². The Balaban J connectivity index is 2.10. The molecule has 3 rings (SSSR count). The molecule has 2 nitrogen and oxygen atoms in total. The second-order valence-corrected chi connectivity index (χ2v) is 6.36. The van der Waals surface area contributed by atoms with Gasteiger partial charge in [-0.1, -0.05) is 39.2 Å². The van der Waals surface area contributed by atoms with Crippen molar-refractivity contribution in [1.82, 2.24) is 4.98 Å². The lowest BCUT2D eigenvalue weighted by Crippen LogP contribution is -2.06. The molecule has 106 valence electrons. The number of fused-ring (bicyclic) bond motifs is 1. The fourth-order valence-corrected chi connectivity index (χ4v) is 3.45. The van der Waals surface area contributed by atoms with Crippen molar-refractivity contribution in [3.05, 3.63) is 35.0 Å². The second kappa shape index (κ2) is 5.43. The monoisotopic (exact) mass is 269 g/mol. The van der Waals surface area contributed by atoms with Crippen molar-refractivity contribution >= 4 is 17.2 Å². The van der Waals surface area contributed by atoms with E-state index in [1.807, 2.05) is 0 Å². The van der Waals surface area contributed by atoms with Crippen molar-refractivity contribution in [2.24, 2.45) is 0 Å². The molecule has 1 N–H and O–H groups in total. The quantitative estimate of drug-likeness (QED) is 0.768. The molecule has 0 aliphatic heterocycles. The van der Waals surface area contributed by atoms with Gasteiger partial charge in [0.2, 0.25) is 0 Å². The molecule has 2 heteroatoms. The topological polar surface area (TPSA) is 32.9 Å². The number of aromatic nitrogens is 1. The fourth-order valence-electron chi connectivity index (χ4n) is 3.45. The highest BCUT2D eigenvalue weighted by molar-refractivity contribution is 5.99. The molecule has 0 spiro atoms. The van der Waals surface area contributed by atoms with E-state index < -0.39 is 0 Å². The van der Waals surface area contributed by atoms with Crippen LogP contribution in [-0.2, 0) is 0 Å². The van der Waals surface area contributed by atoms with E-state index in [0.29, 0.717) is 11.8 Å². The van der Waals surface area contributed by atoms with Gasteiger partial charge >= 0.3 is 0 Å². The summed E-state index contributed by atoms with van der Waals surface area (Å²) in [6.45, 7) is 4.38. The molecule has 1 heterocycles. The minimum absolute atomic E-state index is 0.493. The van der Waals surface area contributed by atoms with Gasteiger partial charge in [-0.05, 0) is 42.4 Å². The van der Waals surface area contributed by atoms with Crippen molar-refractivity contribution < 1.29 is 4.79 Å². The number of H-pyrrole nitrogens is 1.